The van der Waals surface area contributed by atoms with Crippen molar-refractivity contribution in [2.45, 2.75) is 0 Å². The van der Waals surface area contributed by atoms with E-state index in [1.54, 1.807) is 0 Å². The predicted octanol–water partition coefficient (Wildman–Crippen LogP) is 16.0. The maximum atomic E-state index is 9.80. The van der Waals surface area contributed by atoms with Gasteiger partial charge in [-0.2, -0.15) is 0 Å². The van der Waals surface area contributed by atoms with Crippen LogP contribution in [0.4, 0.5) is 17.1 Å². The van der Waals surface area contributed by atoms with Crippen LogP contribution in [0.15, 0.2) is 229 Å². The minimum atomic E-state index is -0.148. The summed E-state index contributed by atoms with van der Waals surface area (Å²) in [6, 6.07) is 66.4. The van der Waals surface area contributed by atoms with E-state index in [0.29, 0.717) is 16.9 Å². The molecule has 0 atom stereocenters. The molecule has 0 saturated carbocycles. The lowest BCUT2D eigenvalue weighted by Gasteiger charge is -2.30. The Labute approximate surface area is 343 Å². The smallest absolute Gasteiger partial charge is 0.143 e. The van der Waals surface area contributed by atoms with Gasteiger partial charge in [-0.1, -0.05) is 194 Å². The van der Waals surface area contributed by atoms with Crippen LogP contribution < -0.4 is 4.90 Å². The Balaban J connectivity index is 1.12. The molecule has 0 unspecified atom stereocenters. The Morgan fingerprint density at radius 3 is 1.62 bits per heavy atom. The van der Waals surface area contributed by atoms with Gasteiger partial charge in [0.2, 0.25) is 0 Å². The Morgan fingerprint density at radius 1 is 0.310 bits per heavy atom. The maximum absolute atomic E-state index is 9.80. The van der Waals surface area contributed by atoms with Gasteiger partial charge >= 0.3 is 0 Å². The molecule has 58 heavy (non-hydrogen) atoms. The number of nitrogens with zero attached hydrogens (tertiary/aromatic N) is 1. The summed E-state index contributed by atoms with van der Waals surface area (Å²) >= 11 is 0. The zero-order valence-electron chi connectivity index (χ0n) is 35.4. The van der Waals surface area contributed by atoms with Crippen molar-refractivity contribution in [2.24, 2.45) is 0 Å². The molecule has 0 amide bonds. The average Bonchev–Trinajstić information content (AvgIpc) is 3.73. The van der Waals surface area contributed by atoms with Crippen LogP contribution in [0.2, 0.25) is 0 Å². The van der Waals surface area contributed by atoms with E-state index in [2.05, 4.69) is 54.6 Å². The molecule has 0 radical (unpaired) electrons. The Kier molecular flexibility index (Phi) is 7.20. The second-order valence-electron chi connectivity index (χ2n) is 14.5. The fourth-order valence-corrected chi connectivity index (χ4v) is 8.39. The Morgan fingerprint density at radius 2 is 0.828 bits per heavy atom. The molecule has 10 aromatic carbocycles. The number of furan rings is 1. The highest BCUT2D eigenvalue weighted by Gasteiger charge is 2.23. The summed E-state index contributed by atoms with van der Waals surface area (Å²) in [7, 11) is 0. The van der Waals surface area contributed by atoms with Gasteiger partial charge in [0.1, 0.15) is 11.2 Å². The highest BCUT2D eigenvalue weighted by Crippen LogP contribution is 2.47. The summed E-state index contributed by atoms with van der Waals surface area (Å²) in [5.74, 6) is 0. The van der Waals surface area contributed by atoms with E-state index in [1.165, 1.54) is 0 Å². The molecule has 0 spiro atoms. The van der Waals surface area contributed by atoms with Crippen LogP contribution >= 0.6 is 0 Å². The van der Waals surface area contributed by atoms with Crippen LogP contribution in [-0.2, 0) is 0 Å². The molecule has 11 rings (SSSR count). The normalized spacial score (nSPS) is 12.4. The van der Waals surface area contributed by atoms with Crippen molar-refractivity contribution < 1.29 is 9.90 Å². The van der Waals surface area contributed by atoms with E-state index in [4.69, 9.17) is 4.42 Å². The first-order chi connectivity index (χ1) is 30.5. The zero-order chi connectivity index (χ0) is 41.9. The lowest BCUT2D eigenvalue weighted by Crippen LogP contribution is -2.12. The number of hydrogen-bond acceptors (Lipinski definition) is 2. The van der Waals surface area contributed by atoms with Crippen LogP contribution in [0, 0.1) is 0 Å². The largest absolute Gasteiger partial charge is 0.455 e. The summed E-state index contributed by atoms with van der Waals surface area (Å²) < 4.78 is 45.6. The molecule has 0 bridgehead atoms. The molecular formula is C56H37NO. The van der Waals surface area contributed by atoms with E-state index in [-0.39, 0.29) is 35.4 Å². The zero-order valence-corrected chi connectivity index (χ0v) is 31.4. The van der Waals surface area contributed by atoms with Gasteiger partial charge in [0, 0.05) is 38.5 Å². The van der Waals surface area contributed by atoms with Crippen molar-refractivity contribution in [3.8, 4) is 44.5 Å². The number of anilines is 3. The van der Waals surface area contributed by atoms with E-state index < -0.39 is 0 Å². The van der Waals surface area contributed by atoms with E-state index in [0.717, 1.165) is 76.9 Å². The van der Waals surface area contributed by atoms with Crippen LogP contribution in [0.25, 0.3) is 88.0 Å². The second kappa shape index (κ2) is 14.1. The van der Waals surface area contributed by atoms with Crippen LogP contribution in [0.3, 0.4) is 0 Å². The van der Waals surface area contributed by atoms with Crippen LogP contribution in [0.5, 0.6) is 0 Å². The molecular weight excluding hydrogens is 703 g/mol. The summed E-state index contributed by atoms with van der Waals surface area (Å²) in [5, 5.41) is 6.41. The first kappa shape index (κ1) is 29.6. The Bertz CT molecular complexity index is 3490. The predicted molar refractivity (Wildman–Crippen MR) is 245 cm³/mol. The molecule has 0 aliphatic heterocycles. The molecule has 1 heterocycles. The molecule has 0 aliphatic rings. The third-order valence-corrected chi connectivity index (χ3v) is 11.2. The van der Waals surface area contributed by atoms with Crippen molar-refractivity contribution in [3.63, 3.8) is 0 Å². The molecule has 2 heteroatoms. The fraction of sp³-hybridized carbons (Fsp3) is 0. The molecule has 0 fully saturated rings. The Hall–Kier alpha value is -7.68. The quantitative estimate of drug-likeness (QED) is 0.162. The number of hydrogen-bond donors (Lipinski definition) is 0. The summed E-state index contributed by atoms with van der Waals surface area (Å²) in [6.45, 7) is 0. The topological polar surface area (TPSA) is 16.4 Å². The first-order valence-electron chi connectivity index (χ1n) is 21.5. The highest BCUT2D eigenvalue weighted by molar-refractivity contribution is 6.17. The number of fused-ring (bicyclic) bond motifs is 6. The number of para-hydroxylation sites is 3. The van der Waals surface area contributed by atoms with Crippen molar-refractivity contribution in [1.82, 2.24) is 0 Å². The van der Waals surface area contributed by atoms with E-state index in [1.807, 2.05) is 150 Å². The van der Waals surface area contributed by atoms with Gasteiger partial charge in [-0.3, -0.25) is 0 Å². The van der Waals surface area contributed by atoms with Gasteiger partial charge in [-0.25, -0.2) is 0 Å². The molecule has 11 aromatic rings. The molecule has 2 nitrogen and oxygen atoms in total. The first-order valence-corrected chi connectivity index (χ1v) is 19.5. The summed E-state index contributed by atoms with van der Waals surface area (Å²) in [5.41, 5.74) is 9.52. The average molecular weight is 744 g/mol. The molecule has 272 valence electrons. The standard InChI is InChI=1S/C56H37NO/c1-2-14-41(15-3-1)47-20-8-10-26-53(47)57(44-35-32-39(33-36-44)38-28-30-43(31-29-38)46-23-12-18-40-16-4-6-19-45(40)46)54-27-11-9-22-49(54)50-24-13-25-51-52-37-34-42-17-5-7-21-48(42)55(52)58-56(50)51/h1-37H/i32D,33D,35D,36D. The fourth-order valence-electron chi connectivity index (χ4n) is 8.39. The van der Waals surface area contributed by atoms with Crippen LogP contribution in [0.1, 0.15) is 5.48 Å². The monoisotopic (exact) mass is 743 g/mol. The van der Waals surface area contributed by atoms with Crippen molar-refractivity contribution in [3.05, 3.63) is 224 Å². The number of benzene rings is 10. The SMILES string of the molecule is [2H]c1c([2H])c(N(c2ccccc2-c2ccccc2)c2ccccc2-c2cccc3c2oc2c4ccccc4ccc32)c([2H])c([2H])c1-c1ccc(-c2cccc3ccccc23)cc1. The van der Waals surface area contributed by atoms with Crippen molar-refractivity contribution in [1.29, 1.82) is 0 Å². The van der Waals surface area contributed by atoms with Gasteiger partial charge in [0.25, 0.3) is 0 Å². The van der Waals surface area contributed by atoms with Crippen molar-refractivity contribution >= 4 is 60.5 Å². The van der Waals surface area contributed by atoms with Gasteiger partial charge in [0.05, 0.1) is 16.9 Å². The second-order valence-corrected chi connectivity index (χ2v) is 14.5. The van der Waals surface area contributed by atoms with Crippen molar-refractivity contribution in [2.75, 3.05) is 4.90 Å². The lowest BCUT2D eigenvalue weighted by atomic mass is 9.96. The minimum Gasteiger partial charge on any atom is -0.455 e. The third kappa shape index (κ3) is 5.74. The van der Waals surface area contributed by atoms with Gasteiger partial charge in [-0.15, -0.1) is 0 Å². The van der Waals surface area contributed by atoms with Gasteiger partial charge in [0.15, 0.2) is 0 Å². The van der Waals surface area contributed by atoms with E-state index >= 15 is 0 Å². The van der Waals surface area contributed by atoms with E-state index in [9.17, 15) is 5.48 Å². The third-order valence-electron chi connectivity index (χ3n) is 11.2. The summed E-state index contributed by atoms with van der Waals surface area (Å²) in [6.07, 6.45) is 0. The maximum Gasteiger partial charge on any atom is 0.143 e. The van der Waals surface area contributed by atoms with Crippen LogP contribution in [-0.4, -0.2) is 0 Å². The molecule has 1 aromatic heterocycles. The van der Waals surface area contributed by atoms with Gasteiger partial charge in [-0.05, 0) is 74.3 Å². The highest BCUT2D eigenvalue weighted by atomic mass is 16.3. The van der Waals surface area contributed by atoms with Gasteiger partial charge < -0.3 is 9.32 Å². The minimum absolute atomic E-state index is 0.121. The molecule has 0 N–H and O–H groups in total. The summed E-state index contributed by atoms with van der Waals surface area (Å²) in [4.78, 5) is 1.91. The molecule has 0 saturated heterocycles. The molecule has 0 aliphatic carbocycles. The number of rotatable bonds is 7. The lowest BCUT2D eigenvalue weighted by molar-refractivity contribution is 0.674.